The summed E-state index contributed by atoms with van der Waals surface area (Å²) < 4.78 is 2.03. The quantitative estimate of drug-likeness (QED) is 0.804. The number of likely N-dealkylation sites (N-methyl/N-ethyl adjacent to an activating group) is 1. The first kappa shape index (κ1) is 14.1. The summed E-state index contributed by atoms with van der Waals surface area (Å²) in [6.07, 6.45) is 5.83. The zero-order valence-corrected chi connectivity index (χ0v) is 12.2. The summed E-state index contributed by atoms with van der Waals surface area (Å²) in [5, 5.41) is 0. The molecule has 1 saturated heterocycles. The van der Waals surface area contributed by atoms with Crippen LogP contribution in [0.1, 0.15) is 32.5 Å². The largest absolute Gasteiger partial charge is 0.342 e. The van der Waals surface area contributed by atoms with Gasteiger partial charge in [0.25, 0.3) is 0 Å². The van der Waals surface area contributed by atoms with Gasteiger partial charge in [0.1, 0.15) is 5.82 Å². The molecule has 1 aliphatic heterocycles. The van der Waals surface area contributed by atoms with E-state index in [0.29, 0.717) is 0 Å². The van der Waals surface area contributed by atoms with Gasteiger partial charge in [0, 0.05) is 32.5 Å². The second-order valence-electron chi connectivity index (χ2n) is 5.09. The Hall–Kier alpha value is -1.36. The van der Waals surface area contributed by atoms with Crippen molar-refractivity contribution in [3.63, 3.8) is 0 Å². The molecule has 1 atom stereocenters. The highest BCUT2D eigenvalue weighted by molar-refractivity contribution is 5.82. The zero-order chi connectivity index (χ0) is 13.8. The third-order valence-electron chi connectivity index (χ3n) is 3.99. The lowest BCUT2D eigenvalue weighted by Gasteiger charge is -2.28. The molecule has 1 amide bonds. The van der Waals surface area contributed by atoms with Crippen molar-refractivity contribution in [2.75, 3.05) is 19.6 Å². The Morgan fingerprint density at radius 2 is 2.21 bits per heavy atom. The molecule has 0 N–H and O–H groups in total. The number of nitrogens with zero attached hydrogens (tertiary/aromatic N) is 4. The van der Waals surface area contributed by atoms with Gasteiger partial charge in [0.05, 0.1) is 12.6 Å². The number of rotatable bonds is 5. The van der Waals surface area contributed by atoms with Crippen LogP contribution in [0.3, 0.4) is 0 Å². The van der Waals surface area contributed by atoms with Crippen LogP contribution in [0.25, 0.3) is 0 Å². The van der Waals surface area contributed by atoms with Crippen LogP contribution >= 0.6 is 0 Å². The maximum Gasteiger partial charge on any atom is 0.239 e. The van der Waals surface area contributed by atoms with Crippen molar-refractivity contribution < 1.29 is 4.79 Å². The molecular weight excluding hydrogens is 240 g/mol. The lowest BCUT2D eigenvalue weighted by molar-refractivity contribution is -0.135. The summed E-state index contributed by atoms with van der Waals surface area (Å²) in [5.41, 5.74) is 0. The number of aromatic nitrogens is 2. The molecule has 5 nitrogen and oxygen atoms in total. The van der Waals surface area contributed by atoms with Gasteiger partial charge in [-0.15, -0.1) is 0 Å². The maximum absolute atomic E-state index is 12.5. The number of amides is 1. The number of carbonyl (C=O) groups is 1. The lowest BCUT2D eigenvalue weighted by atomic mass is 10.2. The van der Waals surface area contributed by atoms with E-state index >= 15 is 0 Å². The van der Waals surface area contributed by atoms with Crippen LogP contribution < -0.4 is 0 Å². The molecule has 1 fully saturated rings. The summed E-state index contributed by atoms with van der Waals surface area (Å²) >= 11 is 0. The minimum Gasteiger partial charge on any atom is -0.342 e. The fourth-order valence-corrected chi connectivity index (χ4v) is 2.77. The van der Waals surface area contributed by atoms with E-state index in [-0.39, 0.29) is 11.9 Å². The number of carbonyl (C=O) groups excluding carboxylic acids is 1. The van der Waals surface area contributed by atoms with Gasteiger partial charge in [-0.1, -0.05) is 0 Å². The van der Waals surface area contributed by atoms with Gasteiger partial charge in [0.15, 0.2) is 0 Å². The summed E-state index contributed by atoms with van der Waals surface area (Å²) in [4.78, 5) is 21.0. The molecule has 0 radical (unpaired) electrons. The Morgan fingerprint density at radius 3 is 2.79 bits per heavy atom. The van der Waals surface area contributed by atoms with Crippen LogP contribution in [0, 0.1) is 0 Å². The van der Waals surface area contributed by atoms with Crippen LogP contribution in [0.5, 0.6) is 0 Å². The van der Waals surface area contributed by atoms with Crippen LogP contribution in [0.2, 0.25) is 0 Å². The standard InChI is InChI=1S/C14H24N4O/c1-4-17(5-2)14(19)12-7-6-9-18(12)11-13-15-8-10-16(13)3/h8,10,12H,4-7,9,11H2,1-3H3/t12-/m1/s1. The molecule has 1 aliphatic rings. The van der Waals surface area contributed by atoms with Gasteiger partial charge in [-0.25, -0.2) is 4.98 Å². The molecule has 2 heterocycles. The monoisotopic (exact) mass is 264 g/mol. The number of aryl methyl sites for hydroxylation is 1. The van der Waals surface area contributed by atoms with Gasteiger partial charge >= 0.3 is 0 Å². The number of imidazole rings is 1. The molecule has 1 aromatic heterocycles. The lowest BCUT2D eigenvalue weighted by Crippen LogP contribution is -2.45. The van der Waals surface area contributed by atoms with Crippen molar-refractivity contribution in [2.24, 2.45) is 7.05 Å². The molecule has 0 spiro atoms. The van der Waals surface area contributed by atoms with E-state index in [9.17, 15) is 4.79 Å². The first-order valence-corrected chi connectivity index (χ1v) is 7.16. The van der Waals surface area contributed by atoms with Crippen molar-refractivity contribution in [2.45, 2.75) is 39.3 Å². The topological polar surface area (TPSA) is 41.4 Å². The van der Waals surface area contributed by atoms with E-state index in [1.165, 1.54) is 0 Å². The van der Waals surface area contributed by atoms with Crippen LogP contribution in [-0.2, 0) is 18.4 Å². The minimum atomic E-state index is 0.0385. The molecule has 5 heteroatoms. The van der Waals surface area contributed by atoms with E-state index in [4.69, 9.17) is 0 Å². The summed E-state index contributed by atoms with van der Waals surface area (Å²) in [6, 6.07) is 0.0385. The van der Waals surface area contributed by atoms with E-state index < -0.39 is 0 Å². The first-order valence-electron chi connectivity index (χ1n) is 7.16. The average molecular weight is 264 g/mol. The fraction of sp³-hybridized carbons (Fsp3) is 0.714. The number of hydrogen-bond donors (Lipinski definition) is 0. The smallest absolute Gasteiger partial charge is 0.239 e. The SMILES string of the molecule is CCN(CC)C(=O)[C@H]1CCCN1Cc1nccn1C. The van der Waals surface area contributed by atoms with E-state index in [0.717, 1.165) is 44.8 Å². The van der Waals surface area contributed by atoms with Crippen LogP contribution in [0.4, 0.5) is 0 Å². The van der Waals surface area contributed by atoms with E-state index in [2.05, 4.69) is 9.88 Å². The van der Waals surface area contributed by atoms with E-state index in [1.807, 2.05) is 42.8 Å². The highest BCUT2D eigenvalue weighted by atomic mass is 16.2. The Kier molecular flexibility index (Phi) is 4.58. The molecule has 2 rings (SSSR count). The molecule has 0 aliphatic carbocycles. The molecule has 106 valence electrons. The van der Waals surface area contributed by atoms with Gasteiger partial charge in [0.2, 0.25) is 5.91 Å². The number of hydrogen-bond acceptors (Lipinski definition) is 3. The zero-order valence-electron chi connectivity index (χ0n) is 12.2. The Morgan fingerprint density at radius 1 is 1.47 bits per heavy atom. The molecule has 0 aromatic carbocycles. The van der Waals surface area contributed by atoms with Crippen molar-refractivity contribution in [1.82, 2.24) is 19.4 Å². The summed E-state index contributed by atoms with van der Waals surface area (Å²) in [5.74, 6) is 1.30. The Bertz CT molecular complexity index is 425. The van der Waals surface area contributed by atoms with Crippen molar-refractivity contribution in [3.8, 4) is 0 Å². The third kappa shape index (κ3) is 2.97. The molecule has 1 aromatic rings. The summed E-state index contributed by atoms with van der Waals surface area (Å²) in [7, 11) is 2.00. The average Bonchev–Trinajstić information content (AvgIpc) is 3.01. The van der Waals surface area contributed by atoms with Crippen molar-refractivity contribution in [3.05, 3.63) is 18.2 Å². The molecule has 0 unspecified atom stereocenters. The molecule has 0 bridgehead atoms. The van der Waals surface area contributed by atoms with Gasteiger partial charge in [-0.2, -0.15) is 0 Å². The first-order chi connectivity index (χ1) is 9.17. The highest BCUT2D eigenvalue weighted by Crippen LogP contribution is 2.21. The normalized spacial score (nSPS) is 19.8. The number of likely N-dealkylation sites (tertiary alicyclic amines) is 1. The van der Waals surface area contributed by atoms with Gasteiger partial charge in [-0.05, 0) is 33.2 Å². The predicted molar refractivity (Wildman–Crippen MR) is 74.6 cm³/mol. The minimum absolute atomic E-state index is 0.0385. The Balaban J connectivity index is 2.04. The van der Waals surface area contributed by atoms with Crippen LogP contribution in [-0.4, -0.2) is 50.9 Å². The Labute approximate surface area is 115 Å². The van der Waals surface area contributed by atoms with Gasteiger partial charge in [-0.3, -0.25) is 9.69 Å². The molecule has 19 heavy (non-hydrogen) atoms. The van der Waals surface area contributed by atoms with Gasteiger partial charge < -0.3 is 9.47 Å². The summed E-state index contributed by atoms with van der Waals surface area (Å²) in [6.45, 7) is 7.43. The van der Waals surface area contributed by atoms with Crippen molar-refractivity contribution >= 4 is 5.91 Å². The maximum atomic E-state index is 12.5. The molecule has 0 saturated carbocycles. The third-order valence-corrected chi connectivity index (χ3v) is 3.99. The second kappa shape index (κ2) is 6.19. The highest BCUT2D eigenvalue weighted by Gasteiger charge is 2.33. The van der Waals surface area contributed by atoms with Crippen LogP contribution in [0.15, 0.2) is 12.4 Å². The fourth-order valence-electron chi connectivity index (χ4n) is 2.77. The second-order valence-corrected chi connectivity index (χ2v) is 5.09. The van der Waals surface area contributed by atoms with E-state index in [1.54, 1.807) is 0 Å². The van der Waals surface area contributed by atoms with Crippen molar-refractivity contribution in [1.29, 1.82) is 0 Å². The molecular formula is C14H24N4O. The predicted octanol–water partition coefficient (Wildman–Crippen LogP) is 1.25.